The molecule has 0 aliphatic rings. The molecule has 2 aromatic carbocycles. The lowest BCUT2D eigenvalue weighted by Gasteiger charge is -2.08. The lowest BCUT2D eigenvalue weighted by molar-refractivity contribution is 0.0600. The normalized spacial score (nSPS) is 10.1. The highest BCUT2D eigenvalue weighted by molar-refractivity contribution is 6.02. The molecule has 0 aliphatic heterocycles. The molecule has 3 rings (SSSR count). The van der Waals surface area contributed by atoms with Crippen molar-refractivity contribution in [1.82, 2.24) is 10.2 Å². The molecule has 0 saturated heterocycles. The summed E-state index contributed by atoms with van der Waals surface area (Å²) in [6.07, 6.45) is 0. The summed E-state index contributed by atoms with van der Waals surface area (Å²) in [5.74, 6) is 0.434. The van der Waals surface area contributed by atoms with E-state index in [2.05, 4.69) is 25.6 Å². The molecule has 0 saturated carbocycles. The van der Waals surface area contributed by atoms with Crippen molar-refractivity contribution in [2.24, 2.45) is 0 Å². The first-order valence-corrected chi connectivity index (χ1v) is 8.92. The van der Waals surface area contributed by atoms with Gasteiger partial charge in [0.2, 0.25) is 0 Å². The van der Waals surface area contributed by atoms with Crippen LogP contribution in [0.4, 0.5) is 17.2 Å². The minimum Gasteiger partial charge on any atom is -0.494 e. The Balaban J connectivity index is 1.60. The van der Waals surface area contributed by atoms with Crippen LogP contribution in [0.1, 0.15) is 27.8 Å². The van der Waals surface area contributed by atoms with Gasteiger partial charge in [0.25, 0.3) is 5.91 Å². The van der Waals surface area contributed by atoms with E-state index in [0.29, 0.717) is 23.7 Å². The van der Waals surface area contributed by atoms with E-state index < -0.39 is 5.97 Å². The monoisotopic (exact) mass is 392 g/mol. The number of methoxy groups -OCH3 is 1. The molecule has 0 spiro atoms. The third-order valence-electron chi connectivity index (χ3n) is 3.90. The highest BCUT2D eigenvalue weighted by atomic mass is 16.5. The van der Waals surface area contributed by atoms with Crippen LogP contribution in [-0.2, 0) is 4.74 Å². The maximum atomic E-state index is 12.3. The van der Waals surface area contributed by atoms with Gasteiger partial charge in [-0.2, -0.15) is 0 Å². The molecule has 148 valence electrons. The Morgan fingerprint density at radius 3 is 2.17 bits per heavy atom. The Morgan fingerprint density at radius 1 is 0.897 bits per heavy atom. The van der Waals surface area contributed by atoms with E-state index in [1.54, 1.807) is 60.7 Å². The third kappa shape index (κ3) is 5.29. The number of hydrogen-bond donors (Lipinski definition) is 2. The van der Waals surface area contributed by atoms with Crippen molar-refractivity contribution < 1.29 is 19.1 Å². The molecule has 0 atom stereocenters. The molecule has 8 nitrogen and oxygen atoms in total. The molecule has 0 fully saturated rings. The van der Waals surface area contributed by atoms with Gasteiger partial charge in [-0.1, -0.05) is 0 Å². The van der Waals surface area contributed by atoms with Gasteiger partial charge < -0.3 is 20.1 Å². The second-order valence-corrected chi connectivity index (χ2v) is 5.91. The molecule has 8 heteroatoms. The molecule has 2 N–H and O–H groups in total. The summed E-state index contributed by atoms with van der Waals surface area (Å²) in [5.41, 5.74) is 1.99. The van der Waals surface area contributed by atoms with E-state index in [1.807, 2.05) is 6.92 Å². The van der Waals surface area contributed by atoms with E-state index in [-0.39, 0.29) is 11.6 Å². The number of esters is 1. The van der Waals surface area contributed by atoms with Crippen LogP contribution in [-0.4, -0.2) is 35.8 Å². The fraction of sp³-hybridized carbons (Fsp3) is 0.143. The van der Waals surface area contributed by atoms with E-state index in [1.165, 1.54) is 7.11 Å². The van der Waals surface area contributed by atoms with Crippen LogP contribution in [0, 0.1) is 0 Å². The molecular weight excluding hydrogens is 372 g/mol. The fourth-order valence-electron chi connectivity index (χ4n) is 2.47. The number of hydrogen-bond acceptors (Lipinski definition) is 7. The Kier molecular flexibility index (Phi) is 6.36. The average Bonchev–Trinajstić information content (AvgIpc) is 2.76. The maximum Gasteiger partial charge on any atom is 0.337 e. The summed E-state index contributed by atoms with van der Waals surface area (Å²) in [7, 11) is 1.33. The van der Waals surface area contributed by atoms with E-state index >= 15 is 0 Å². The summed E-state index contributed by atoms with van der Waals surface area (Å²) in [5, 5.41) is 13.8. The molecular formula is C21H20N4O4. The predicted octanol–water partition coefficient (Wildman–Crippen LogP) is 3.66. The second-order valence-electron chi connectivity index (χ2n) is 5.91. The van der Waals surface area contributed by atoms with Gasteiger partial charge in [-0.05, 0) is 67.6 Å². The number of carbonyl (C=O) groups excluding carboxylic acids is 2. The minimum atomic E-state index is -0.403. The molecule has 3 aromatic rings. The zero-order chi connectivity index (χ0) is 20.6. The van der Waals surface area contributed by atoms with Crippen molar-refractivity contribution in [1.29, 1.82) is 0 Å². The first kappa shape index (κ1) is 19.8. The number of anilines is 3. The minimum absolute atomic E-state index is 0.186. The van der Waals surface area contributed by atoms with Gasteiger partial charge >= 0.3 is 5.97 Å². The van der Waals surface area contributed by atoms with Crippen LogP contribution in [0.3, 0.4) is 0 Å². The average molecular weight is 392 g/mol. The van der Waals surface area contributed by atoms with Crippen molar-refractivity contribution >= 4 is 29.1 Å². The van der Waals surface area contributed by atoms with E-state index in [9.17, 15) is 9.59 Å². The van der Waals surface area contributed by atoms with Crippen molar-refractivity contribution in [3.8, 4) is 5.75 Å². The van der Waals surface area contributed by atoms with Crippen LogP contribution >= 0.6 is 0 Å². The van der Waals surface area contributed by atoms with Gasteiger partial charge in [-0.25, -0.2) is 4.79 Å². The summed E-state index contributed by atoms with van der Waals surface area (Å²) in [4.78, 5) is 23.8. The number of aromatic nitrogens is 2. The first-order chi connectivity index (χ1) is 14.1. The third-order valence-corrected chi connectivity index (χ3v) is 3.90. The van der Waals surface area contributed by atoms with Gasteiger partial charge in [-0.15, -0.1) is 10.2 Å². The Hall–Kier alpha value is -3.94. The molecule has 29 heavy (non-hydrogen) atoms. The van der Waals surface area contributed by atoms with Crippen LogP contribution < -0.4 is 15.4 Å². The summed E-state index contributed by atoms with van der Waals surface area (Å²) in [6.45, 7) is 2.49. The largest absolute Gasteiger partial charge is 0.494 e. The Bertz CT molecular complexity index is 971. The van der Waals surface area contributed by atoms with Crippen LogP contribution in [0.15, 0.2) is 60.7 Å². The number of ether oxygens (including phenoxy) is 2. The van der Waals surface area contributed by atoms with Gasteiger partial charge in [0, 0.05) is 11.4 Å². The van der Waals surface area contributed by atoms with Crippen molar-refractivity contribution in [2.75, 3.05) is 24.4 Å². The Morgan fingerprint density at radius 2 is 1.59 bits per heavy atom. The van der Waals surface area contributed by atoms with Gasteiger partial charge in [0.05, 0.1) is 19.3 Å². The van der Waals surface area contributed by atoms with Gasteiger partial charge in [0.15, 0.2) is 11.5 Å². The van der Waals surface area contributed by atoms with Crippen LogP contribution in [0.25, 0.3) is 0 Å². The summed E-state index contributed by atoms with van der Waals surface area (Å²) in [6, 6.07) is 17.0. The molecule has 0 radical (unpaired) electrons. The predicted molar refractivity (Wildman–Crippen MR) is 109 cm³/mol. The fourth-order valence-corrected chi connectivity index (χ4v) is 2.47. The van der Waals surface area contributed by atoms with E-state index in [4.69, 9.17) is 4.74 Å². The van der Waals surface area contributed by atoms with Gasteiger partial charge in [-0.3, -0.25) is 4.79 Å². The highest BCUT2D eigenvalue weighted by Gasteiger charge is 2.10. The van der Waals surface area contributed by atoms with Crippen LogP contribution in [0.5, 0.6) is 5.75 Å². The topological polar surface area (TPSA) is 102 Å². The molecule has 1 amide bonds. The smallest absolute Gasteiger partial charge is 0.337 e. The highest BCUT2D eigenvalue weighted by Crippen LogP contribution is 2.17. The zero-order valence-corrected chi connectivity index (χ0v) is 16.0. The zero-order valence-electron chi connectivity index (χ0n) is 16.0. The summed E-state index contributed by atoms with van der Waals surface area (Å²) >= 11 is 0. The van der Waals surface area contributed by atoms with Crippen molar-refractivity contribution in [2.45, 2.75) is 6.92 Å². The summed E-state index contributed by atoms with van der Waals surface area (Å²) < 4.78 is 10.0. The lowest BCUT2D eigenvalue weighted by atomic mass is 10.2. The number of nitrogens with one attached hydrogen (secondary N) is 2. The van der Waals surface area contributed by atoms with Crippen LogP contribution in [0.2, 0.25) is 0 Å². The van der Waals surface area contributed by atoms with Crippen molar-refractivity contribution in [3.63, 3.8) is 0 Å². The van der Waals surface area contributed by atoms with Crippen molar-refractivity contribution in [3.05, 3.63) is 71.9 Å². The number of carbonyl (C=O) groups is 2. The van der Waals surface area contributed by atoms with E-state index in [0.717, 1.165) is 11.4 Å². The number of amides is 1. The standard InChI is InChI=1S/C21H20N4O4/c1-3-29-17-10-8-16(9-11-17)23-20(26)18-12-13-19(25-24-18)22-15-6-4-14(5-7-15)21(27)28-2/h4-13H,3H2,1-2H3,(H,22,25)(H,23,26). The lowest BCUT2D eigenvalue weighted by Crippen LogP contribution is -2.14. The number of benzene rings is 2. The number of rotatable bonds is 7. The quantitative estimate of drug-likeness (QED) is 0.592. The number of nitrogens with zero attached hydrogens (tertiary/aromatic N) is 2. The SMILES string of the molecule is CCOc1ccc(NC(=O)c2ccc(Nc3ccc(C(=O)OC)cc3)nn2)cc1. The molecule has 1 aromatic heterocycles. The first-order valence-electron chi connectivity index (χ1n) is 8.92. The Labute approximate surface area is 167 Å². The molecule has 0 bridgehead atoms. The molecule has 1 heterocycles. The van der Waals surface area contributed by atoms with Gasteiger partial charge in [0.1, 0.15) is 5.75 Å². The molecule has 0 unspecified atom stereocenters. The molecule has 0 aliphatic carbocycles. The maximum absolute atomic E-state index is 12.3. The second kappa shape index (κ2) is 9.32.